The van der Waals surface area contributed by atoms with Gasteiger partial charge in [-0.25, -0.2) is 9.97 Å². The summed E-state index contributed by atoms with van der Waals surface area (Å²) in [6.07, 6.45) is 1.63. The highest BCUT2D eigenvalue weighted by Crippen LogP contribution is 2.20. The standard InChI is InChI=1S/C10H15N5OS/c1-7-6-17-5-4-15(7)10-12-3-2-8(13-10)9(11)14-16/h2-3,7,16H,4-6H2,1H3,(H2,11,14). The smallest absolute Gasteiger partial charge is 0.226 e. The van der Waals surface area contributed by atoms with Crippen molar-refractivity contribution in [3.8, 4) is 0 Å². The molecule has 0 aromatic carbocycles. The summed E-state index contributed by atoms with van der Waals surface area (Å²) in [5, 5.41) is 11.6. The molecule has 7 heteroatoms. The van der Waals surface area contributed by atoms with Crippen LogP contribution in [-0.2, 0) is 0 Å². The zero-order chi connectivity index (χ0) is 12.3. The predicted octanol–water partition coefficient (Wildman–Crippen LogP) is 0.513. The number of nitrogens with two attached hydrogens (primary N) is 1. The number of hydrogen-bond acceptors (Lipinski definition) is 6. The van der Waals surface area contributed by atoms with Gasteiger partial charge in [-0.05, 0) is 13.0 Å². The molecule has 0 radical (unpaired) electrons. The largest absolute Gasteiger partial charge is 0.409 e. The van der Waals surface area contributed by atoms with Crippen LogP contribution in [0.5, 0.6) is 0 Å². The van der Waals surface area contributed by atoms with Crippen LogP contribution in [0.3, 0.4) is 0 Å². The van der Waals surface area contributed by atoms with Crippen molar-refractivity contribution in [3.63, 3.8) is 0 Å². The van der Waals surface area contributed by atoms with Gasteiger partial charge in [-0.3, -0.25) is 0 Å². The number of anilines is 1. The fraction of sp³-hybridized carbons (Fsp3) is 0.500. The molecule has 0 aliphatic carbocycles. The average Bonchev–Trinajstić information content (AvgIpc) is 2.38. The molecule has 0 bridgehead atoms. The molecule has 0 amide bonds. The van der Waals surface area contributed by atoms with E-state index in [1.807, 2.05) is 11.8 Å². The van der Waals surface area contributed by atoms with E-state index in [1.54, 1.807) is 12.3 Å². The lowest BCUT2D eigenvalue weighted by Gasteiger charge is -2.33. The van der Waals surface area contributed by atoms with Crippen molar-refractivity contribution >= 4 is 23.5 Å². The monoisotopic (exact) mass is 253 g/mol. The quantitative estimate of drug-likeness (QED) is 0.346. The third-order valence-electron chi connectivity index (χ3n) is 2.64. The zero-order valence-electron chi connectivity index (χ0n) is 9.58. The molecular weight excluding hydrogens is 238 g/mol. The Morgan fingerprint density at radius 3 is 3.24 bits per heavy atom. The molecule has 92 valence electrons. The maximum Gasteiger partial charge on any atom is 0.226 e. The zero-order valence-corrected chi connectivity index (χ0v) is 10.4. The molecule has 17 heavy (non-hydrogen) atoms. The lowest BCUT2D eigenvalue weighted by molar-refractivity contribution is 0.318. The first-order valence-corrected chi connectivity index (χ1v) is 6.53. The Labute approximate surface area is 104 Å². The summed E-state index contributed by atoms with van der Waals surface area (Å²) in [6.45, 7) is 3.07. The summed E-state index contributed by atoms with van der Waals surface area (Å²) >= 11 is 1.93. The molecule has 0 spiro atoms. The van der Waals surface area contributed by atoms with E-state index in [2.05, 4.69) is 26.9 Å². The van der Waals surface area contributed by atoms with E-state index in [0.717, 1.165) is 18.1 Å². The molecule has 1 aliphatic rings. The third kappa shape index (κ3) is 2.60. The lowest BCUT2D eigenvalue weighted by Crippen LogP contribution is -2.41. The Morgan fingerprint density at radius 2 is 2.53 bits per heavy atom. The van der Waals surface area contributed by atoms with Crippen LogP contribution in [0, 0.1) is 0 Å². The van der Waals surface area contributed by atoms with Crippen molar-refractivity contribution in [1.82, 2.24) is 9.97 Å². The highest BCUT2D eigenvalue weighted by atomic mass is 32.2. The van der Waals surface area contributed by atoms with Gasteiger partial charge in [-0.2, -0.15) is 11.8 Å². The summed E-state index contributed by atoms with van der Waals surface area (Å²) in [5.41, 5.74) is 5.96. The number of hydrogen-bond donors (Lipinski definition) is 2. The van der Waals surface area contributed by atoms with Crippen LogP contribution < -0.4 is 10.6 Å². The fourth-order valence-electron chi connectivity index (χ4n) is 1.70. The van der Waals surface area contributed by atoms with Gasteiger partial charge in [0, 0.05) is 30.3 Å². The highest BCUT2D eigenvalue weighted by molar-refractivity contribution is 7.99. The number of amidine groups is 1. The topological polar surface area (TPSA) is 87.6 Å². The summed E-state index contributed by atoms with van der Waals surface area (Å²) in [5.74, 6) is 2.79. The van der Waals surface area contributed by atoms with Gasteiger partial charge in [-0.1, -0.05) is 5.16 Å². The maximum atomic E-state index is 8.63. The predicted molar refractivity (Wildman–Crippen MR) is 68.7 cm³/mol. The fourth-order valence-corrected chi connectivity index (χ4v) is 2.72. The minimum atomic E-state index is 0.00712. The molecule has 3 N–H and O–H groups in total. The minimum Gasteiger partial charge on any atom is -0.409 e. The Balaban J connectivity index is 2.26. The van der Waals surface area contributed by atoms with E-state index >= 15 is 0 Å². The molecule has 1 aromatic rings. The number of aromatic nitrogens is 2. The van der Waals surface area contributed by atoms with E-state index < -0.39 is 0 Å². The Bertz CT molecular complexity index is 425. The van der Waals surface area contributed by atoms with Crippen molar-refractivity contribution in [2.75, 3.05) is 23.0 Å². The van der Waals surface area contributed by atoms with E-state index in [0.29, 0.717) is 17.7 Å². The van der Waals surface area contributed by atoms with Crippen molar-refractivity contribution in [2.45, 2.75) is 13.0 Å². The molecule has 2 heterocycles. The normalized spacial score (nSPS) is 21.6. The number of thioether (sulfide) groups is 1. The summed E-state index contributed by atoms with van der Waals surface area (Å²) < 4.78 is 0. The van der Waals surface area contributed by atoms with Gasteiger partial charge in [0.05, 0.1) is 0 Å². The molecule has 1 atom stereocenters. The first-order valence-electron chi connectivity index (χ1n) is 5.37. The van der Waals surface area contributed by atoms with Gasteiger partial charge >= 0.3 is 0 Å². The molecule has 1 aromatic heterocycles. The Hall–Kier alpha value is -1.50. The van der Waals surface area contributed by atoms with E-state index in [-0.39, 0.29) is 5.84 Å². The maximum absolute atomic E-state index is 8.63. The van der Waals surface area contributed by atoms with Crippen molar-refractivity contribution in [2.24, 2.45) is 10.9 Å². The second kappa shape index (κ2) is 5.22. The van der Waals surface area contributed by atoms with Gasteiger partial charge < -0.3 is 15.8 Å². The summed E-state index contributed by atoms with van der Waals surface area (Å²) in [6, 6.07) is 2.03. The minimum absolute atomic E-state index is 0.00712. The third-order valence-corrected chi connectivity index (χ3v) is 3.83. The molecule has 1 aliphatic heterocycles. The average molecular weight is 253 g/mol. The van der Waals surface area contributed by atoms with Gasteiger partial charge in [0.15, 0.2) is 5.84 Å². The summed E-state index contributed by atoms with van der Waals surface area (Å²) in [7, 11) is 0. The van der Waals surface area contributed by atoms with Crippen molar-refractivity contribution < 1.29 is 5.21 Å². The van der Waals surface area contributed by atoms with Gasteiger partial charge in [-0.15, -0.1) is 0 Å². The molecule has 1 unspecified atom stereocenters. The van der Waals surface area contributed by atoms with Crippen LogP contribution in [0.15, 0.2) is 17.4 Å². The Morgan fingerprint density at radius 1 is 1.71 bits per heavy atom. The Kier molecular flexibility index (Phi) is 3.68. The lowest BCUT2D eigenvalue weighted by atomic mass is 10.3. The van der Waals surface area contributed by atoms with Crippen LogP contribution in [0.4, 0.5) is 5.95 Å². The van der Waals surface area contributed by atoms with Crippen LogP contribution in [-0.4, -0.2) is 45.1 Å². The second-order valence-electron chi connectivity index (χ2n) is 3.84. The molecular formula is C10H15N5OS. The first kappa shape index (κ1) is 12.0. The van der Waals surface area contributed by atoms with Gasteiger partial charge in [0.25, 0.3) is 0 Å². The van der Waals surface area contributed by atoms with Gasteiger partial charge in [0.2, 0.25) is 5.95 Å². The first-order chi connectivity index (χ1) is 8.22. The number of oxime groups is 1. The van der Waals surface area contributed by atoms with Crippen molar-refractivity contribution in [1.29, 1.82) is 0 Å². The van der Waals surface area contributed by atoms with Crippen molar-refractivity contribution in [3.05, 3.63) is 18.0 Å². The van der Waals surface area contributed by atoms with Crippen LogP contribution in [0.1, 0.15) is 12.6 Å². The second-order valence-corrected chi connectivity index (χ2v) is 4.99. The number of nitrogens with zero attached hydrogens (tertiary/aromatic N) is 4. The van der Waals surface area contributed by atoms with Crippen LogP contribution in [0.2, 0.25) is 0 Å². The summed E-state index contributed by atoms with van der Waals surface area (Å²) in [4.78, 5) is 10.7. The SMILES string of the molecule is CC1CSCCN1c1nccc(/C(N)=N/O)n1. The molecule has 0 saturated carbocycles. The van der Waals surface area contributed by atoms with E-state index in [1.165, 1.54) is 0 Å². The number of rotatable bonds is 2. The van der Waals surface area contributed by atoms with Gasteiger partial charge in [0.1, 0.15) is 5.69 Å². The van der Waals surface area contributed by atoms with E-state index in [4.69, 9.17) is 10.9 Å². The molecule has 6 nitrogen and oxygen atoms in total. The van der Waals surface area contributed by atoms with Crippen LogP contribution >= 0.6 is 11.8 Å². The highest BCUT2D eigenvalue weighted by Gasteiger charge is 2.21. The van der Waals surface area contributed by atoms with E-state index in [9.17, 15) is 0 Å². The molecule has 1 fully saturated rings. The molecule has 2 rings (SSSR count). The van der Waals surface area contributed by atoms with Crippen LogP contribution in [0.25, 0.3) is 0 Å². The molecule has 1 saturated heterocycles.